The fourth-order valence-electron chi connectivity index (χ4n) is 2.85. The summed E-state index contributed by atoms with van der Waals surface area (Å²) in [6.07, 6.45) is 3.00. The van der Waals surface area contributed by atoms with Crippen molar-refractivity contribution in [1.82, 2.24) is 13.5 Å². The molecule has 2 aliphatic rings. The van der Waals surface area contributed by atoms with Crippen LogP contribution in [0.15, 0.2) is 5.16 Å². The first-order chi connectivity index (χ1) is 9.96. The molecule has 0 aromatic heterocycles. The van der Waals surface area contributed by atoms with Crippen molar-refractivity contribution in [3.63, 3.8) is 0 Å². The highest BCUT2D eigenvalue weighted by molar-refractivity contribution is 7.86. The molecule has 21 heavy (non-hydrogen) atoms. The van der Waals surface area contributed by atoms with Crippen molar-refractivity contribution in [1.29, 1.82) is 0 Å². The molecule has 2 aliphatic heterocycles. The second-order valence-corrected chi connectivity index (χ2v) is 7.53. The molecular formula is C12H25N5O3S. The largest absolute Gasteiger partial charge is 0.409 e. The third-order valence-electron chi connectivity index (χ3n) is 4.33. The zero-order chi connectivity index (χ0) is 15.5. The third-order valence-corrected chi connectivity index (χ3v) is 6.37. The van der Waals surface area contributed by atoms with Crippen LogP contribution in [0.1, 0.15) is 26.2 Å². The van der Waals surface area contributed by atoms with Crippen molar-refractivity contribution < 1.29 is 13.6 Å². The van der Waals surface area contributed by atoms with Crippen molar-refractivity contribution in [3.8, 4) is 0 Å². The average molecular weight is 319 g/mol. The second kappa shape index (κ2) is 6.91. The summed E-state index contributed by atoms with van der Waals surface area (Å²) in [5, 5.41) is 11.7. The lowest BCUT2D eigenvalue weighted by Gasteiger charge is -2.39. The fraction of sp³-hybridized carbons (Fsp3) is 0.917. The smallest absolute Gasteiger partial charge is 0.282 e. The maximum absolute atomic E-state index is 12.6. The quantitative estimate of drug-likeness (QED) is 0.314. The minimum Gasteiger partial charge on any atom is -0.409 e. The van der Waals surface area contributed by atoms with Crippen LogP contribution in [0.25, 0.3) is 0 Å². The Labute approximate surface area is 126 Å². The van der Waals surface area contributed by atoms with Crippen LogP contribution in [0.3, 0.4) is 0 Å². The first-order valence-electron chi connectivity index (χ1n) is 7.43. The third kappa shape index (κ3) is 3.65. The van der Waals surface area contributed by atoms with Gasteiger partial charge in [0.2, 0.25) is 0 Å². The summed E-state index contributed by atoms with van der Waals surface area (Å²) in [5.74, 6) is 0.155. The zero-order valence-electron chi connectivity index (χ0n) is 12.5. The van der Waals surface area contributed by atoms with Crippen molar-refractivity contribution in [2.75, 3.05) is 39.3 Å². The van der Waals surface area contributed by atoms with Gasteiger partial charge in [0.1, 0.15) is 0 Å². The Hall–Kier alpha value is -0.900. The topological polar surface area (TPSA) is 102 Å². The van der Waals surface area contributed by atoms with Gasteiger partial charge in [-0.2, -0.15) is 17.0 Å². The highest BCUT2D eigenvalue weighted by Crippen LogP contribution is 2.18. The van der Waals surface area contributed by atoms with Gasteiger partial charge in [-0.1, -0.05) is 11.6 Å². The van der Waals surface area contributed by atoms with E-state index < -0.39 is 10.2 Å². The number of nitrogens with zero attached hydrogens (tertiary/aromatic N) is 4. The van der Waals surface area contributed by atoms with Crippen LogP contribution in [0.5, 0.6) is 0 Å². The molecule has 9 heteroatoms. The van der Waals surface area contributed by atoms with E-state index in [-0.39, 0.29) is 11.9 Å². The summed E-state index contributed by atoms with van der Waals surface area (Å²) in [6, 6.07) is -0.185. The van der Waals surface area contributed by atoms with Crippen molar-refractivity contribution in [2.24, 2.45) is 10.9 Å². The monoisotopic (exact) mass is 319 g/mol. The van der Waals surface area contributed by atoms with Crippen LogP contribution in [0.2, 0.25) is 0 Å². The lowest BCUT2D eigenvalue weighted by atomic mass is 10.2. The first kappa shape index (κ1) is 16.5. The molecule has 2 saturated heterocycles. The Bertz CT molecular complexity index is 467. The number of amidine groups is 1. The highest BCUT2D eigenvalue weighted by atomic mass is 32.2. The second-order valence-electron chi connectivity index (χ2n) is 5.60. The minimum absolute atomic E-state index is 0.155. The summed E-state index contributed by atoms with van der Waals surface area (Å²) in [7, 11) is -3.33. The Morgan fingerprint density at radius 1 is 1.05 bits per heavy atom. The number of hydrogen-bond acceptors (Lipinski definition) is 5. The van der Waals surface area contributed by atoms with Crippen LogP contribution < -0.4 is 5.73 Å². The first-order valence-corrected chi connectivity index (χ1v) is 8.83. The van der Waals surface area contributed by atoms with E-state index in [2.05, 4.69) is 5.16 Å². The molecule has 3 N–H and O–H groups in total. The van der Waals surface area contributed by atoms with Crippen molar-refractivity contribution in [2.45, 2.75) is 32.2 Å². The number of hydrogen-bond donors (Lipinski definition) is 2. The highest BCUT2D eigenvalue weighted by Gasteiger charge is 2.34. The summed E-state index contributed by atoms with van der Waals surface area (Å²) >= 11 is 0. The standard InChI is InChI=1S/C12H25N5O3S/c1-11(12(13)14-18)15-7-9-17(10-8-15)21(19,20)16-5-3-2-4-6-16/h11,18H,2-10H2,1H3,(H2,13,14). The molecule has 0 bridgehead atoms. The summed E-state index contributed by atoms with van der Waals surface area (Å²) in [5.41, 5.74) is 5.60. The van der Waals surface area contributed by atoms with Gasteiger partial charge >= 0.3 is 0 Å². The molecule has 1 unspecified atom stereocenters. The van der Waals surface area contributed by atoms with Crippen LogP contribution >= 0.6 is 0 Å². The molecule has 1 atom stereocenters. The molecule has 0 amide bonds. The van der Waals surface area contributed by atoms with E-state index in [0.29, 0.717) is 39.3 Å². The normalized spacial score (nSPS) is 25.9. The number of nitrogens with two attached hydrogens (primary N) is 1. The molecule has 0 spiro atoms. The van der Waals surface area contributed by atoms with Gasteiger partial charge in [-0.25, -0.2) is 0 Å². The maximum atomic E-state index is 12.6. The zero-order valence-corrected chi connectivity index (χ0v) is 13.3. The van der Waals surface area contributed by atoms with Gasteiger partial charge in [-0.05, 0) is 19.8 Å². The molecule has 0 aromatic carbocycles. The average Bonchev–Trinajstić information content (AvgIpc) is 2.54. The van der Waals surface area contributed by atoms with Gasteiger partial charge in [-0.15, -0.1) is 0 Å². The number of piperazine rings is 1. The number of piperidine rings is 1. The molecule has 2 fully saturated rings. The van der Waals surface area contributed by atoms with Crippen LogP contribution in [0.4, 0.5) is 0 Å². The number of oxime groups is 1. The molecule has 2 rings (SSSR count). The van der Waals surface area contributed by atoms with Crippen molar-refractivity contribution in [3.05, 3.63) is 0 Å². The molecule has 2 heterocycles. The maximum Gasteiger partial charge on any atom is 0.282 e. The summed E-state index contributed by atoms with van der Waals surface area (Å²) in [4.78, 5) is 2.03. The molecule has 0 saturated carbocycles. The Balaban J connectivity index is 1.94. The summed E-state index contributed by atoms with van der Waals surface area (Å²) in [6.45, 7) is 5.18. The van der Waals surface area contributed by atoms with E-state index in [9.17, 15) is 8.42 Å². The lowest BCUT2D eigenvalue weighted by Crippen LogP contribution is -2.57. The SMILES string of the molecule is CC(C(N)=NO)N1CCN(S(=O)(=O)N2CCCCC2)CC1. The van der Waals surface area contributed by atoms with Gasteiger partial charge < -0.3 is 10.9 Å². The van der Waals surface area contributed by atoms with Gasteiger partial charge in [0, 0.05) is 39.3 Å². The van der Waals surface area contributed by atoms with E-state index in [1.807, 2.05) is 11.8 Å². The van der Waals surface area contributed by atoms with Gasteiger partial charge in [0.25, 0.3) is 10.2 Å². The Kier molecular flexibility index (Phi) is 5.42. The van der Waals surface area contributed by atoms with Crippen LogP contribution in [-0.2, 0) is 10.2 Å². The predicted octanol–water partition coefficient (Wildman–Crippen LogP) is -0.530. The van der Waals surface area contributed by atoms with Gasteiger partial charge in [0.15, 0.2) is 5.84 Å². The minimum atomic E-state index is -3.33. The molecule has 0 aromatic rings. The predicted molar refractivity (Wildman–Crippen MR) is 80.4 cm³/mol. The van der Waals surface area contributed by atoms with E-state index in [1.165, 1.54) is 0 Å². The van der Waals surface area contributed by atoms with E-state index >= 15 is 0 Å². The molecular weight excluding hydrogens is 294 g/mol. The molecule has 0 radical (unpaired) electrons. The van der Waals surface area contributed by atoms with Gasteiger partial charge in [-0.3, -0.25) is 4.90 Å². The summed E-state index contributed by atoms with van der Waals surface area (Å²) < 4.78 is 28.3. The van der Waals surface area contributed by atoms with E-state index in [4.69, 9.17) is 10.9 Å². The van der Waals surface area contributed by atoms with Crippen LogP contribution in [-0.4, -0.2) is 78.3 Å². The van der Waals surface area contributed by atoms with Crippen LogP contribution in [0, 0.1) is 0 Å². The Morgan fingerprint density at radius 2 is 1.57 bits per heavy atom. The molecule has 122 valence electrons. The Morgan fingerprint density at radius 3 is 2.10 bits per heavy atom. The van der Waals surface area contributed by atoms with E-state index in [0.717, 1.165) is 19.3 Å². The van der Waals surface area contributed by atoms with E-state index in [1.54, 1.807) is 8.61 Å². The lowest BCUT2D eigenvalue weighted by molar-refractivity contribution is 0.163. The molecule has 8 nitrogen and oxygen atoms in total. The van der Waals surface area contributed by atoms with Crippen molar-refractivity contribution >= 4 is 16.0 Å². The van der Waals surface area contributed by atoms with Gasteiger partial charge in [0.05, 0.1) is 6.04 Å². The number of rotatable bonds is 4. The molecule has 0 aliphatic carbocycles. The fourth-order valence-corrected chi connectivity index (χ4v) is 4.52.